The van der Waals surface area contributed by atoms with Crippen LogP contribution in [-0.2, 0) is 0 Å². The zero-order valence-corrected chi connectivity index (χ0v) is 29.6. The van der Waals surface area contributed by atoms with E-state index in [1.165, 1.54) is 44.2 Å². The average molecular weight is 693 g/mol. The molecule has 54 heavy (non-hydrogen) atoms. The molecule has 0 amide bonds. The smallest absolute Gasteiger partial charge is 0.196 e. The number of nitrogens with zero attached hydrogens (tertiary/aromatic N) is 1. The molecule has 0 aromatic heterocycles. The lowest BCUT2D eigenvalue weighted by molar-refractivity contribution is 0.260. The van der Waals surface area contributed by atoms with E-state index in [1.54, 1.807) is 0 Å². The van der Waals surface area contributed by atoms with Crippen molar-refractivity contribution in [2.75, 3.05) is 10.2 Å². The number of ether oxygens (including phenoxy) is 1. The second-order valence-corrected chi connectivity index (χ2v) is 13.8. The van der Waals surface area contributed by atoms with Crippen LogP contribution in [0.4, 0.5) is 22.7 Å². The molecule has 0 spiro atoms. The van der Waals surface area contributed by atoms with Crippen LogP contribution in [0.25, 0.3) is 54.9 Å². The molecule has 1 heterocycles. The SMILES string of the molecule is c1ccc(-c2ccc(N(c3ccc(-c4ccc5ccccc5c4)c(-c4ccccc4)c3)c3ccc4c5c(ccc4c3)OC(c3ccccc3)N5)cc2)cc1. The van der Waals surface area contributed by atoms with Gasteiger partial charge in [-0.05, 0) is 98.1 Å². The van der Waals surface area contributed by atoms with E-state index < -0.39 is 0 Å². The number of anilines is 4. The Labute approximate surface area is 315 Å². The Balaban J connectivity index is 1.11. The lowest BCUT2D eigenvalue weighted by Gasteiger charge is -2.27. The quantitative estimate of drug-likeness (QED) is 0.180. The van der Waals surface area contributed by atoms with Gasteiger partial charge in [0.1, 0.15) is 5.75 Å². The van der Waals surface area contributed by atoms with Gasteiger partial charge in [0.15, 0.2) is 6.23 Å². The van der Waals surface area contributed by atoms with E-state index >= 15 is 0 Å². The Morgan fingerprint density at radius 3 is 1.76 bits per heavy atom. The average Bonchev–Trinajstić information content (AvgIpc) is 3.70. The molecule has 0 saturated heterocycles. The summed E-state index contributed by atoms with van der Waals surface area (Å²) < 4.78 is 6.37. The van der Waals surface area contributed by atoms with Crippen LogP contribution in [-0.4, -0.2) is 0 Å². The first-order chi connectivity index (χ1) is 26.7. The Bertz CT molecular complexity index is 2760. The van der Waals surface area contributed by atoms with Crippen molar-refractivity contribution in [3.05, 3.63) is 212 Å². The van der Waals surface area contributed by atoms with Crippen molar-refractivity contribution < 1.29 is 4.74 Å². The topological polar surface area (TPSA) is 24.5 Å². The van der Waals surface area contributed by atoms with Crippen molar-refractivity contribution >= 4 is 44.3 Å². The Morgan fingerprint density at radius 1 is 0.389 bits per heavy atom. The minimum atomic E-state index is -0.219. The second-order valence-electron chi connectivity index (χ2n) is 13.8. The third-order valence-electron chi connectivity index (χ3n) is 10.5. The van der Waals surface area contributed by atoms with Gasteiger partial charge in [0, 0.05) is 28.0 Å². The van der Waals surface area contributed by atoms with Crippen molar-refractivity contribution in [1.29, 1.82) is 0 Å². The summed E-state index contributed by atoms with van der Waals surface area (Å²) in [4.78, 5) is 2.37. The first kappa shape index (κ1) is 31.6. The van der Waals surface area contributed by atoms with Crippen LogP contribution < -0.4 is 15.0 Å². The molecule has 1 N–H and O–H groups in total. The minimum Gasteiger partial charge on any atom is -0.464 e. The summed E-state index contributed by atoms with van der Waals surface area (Å²) in [6.45, 7) is 0. The number of hydrogen-bond acceptors (Lipinski definition) is 3. The number of fused-ring (bicyclic) bond motifs is 4. The number of benzene rings is 9. The van der Waals surface area contributed by atoms with Crippen molar-refractivity contribution in [2.45, 2.75) is 6.23 Å². The normalized spacial score (nSPS) is 13.3. The van der Waals surface area contributed by atoms with Crippen LogP contribution in [0.3, 0.4) is 0 Å². The fourth-order valence-electron chi connectivity index (χ4n) is 7.77. The molecule has 256 valence electrons. The van der Waals surface area contributed by atoms with E-state index in [0.29, 0.717) is 0 Å². The molecule has 1 aliphatic heterocycles. The fourth-order valence-corrected chi connectivity index (χ4v) is 7.77. The first-order valence-electron chi connectivity index (χ1n) is 18.4. The molecule has 0 radical (unpaired) electrons. The predicted octanol–water partition coefficient (Wildman–Crippen LogP) is 14.0. The van der Waals surface area contributed by atoms with Crippen molar-refractivity contribution in [3.63, 3.8) is 0 Å². The standard InChI is InChI=1S/C51H36N2O/c1-4-12-35(13-5-1)37-22-25-43(26-23-37)53(44-28-30-47-42(33-44)24-31-49-50(47)52-51(54-49)39-17-8-3-9-18-39)45-27-29-46(48(34-45)38-15-6-2-7-16-38)41-21-20-36-14-10-11-19-40(36)32-41/h1-34,51-52H. The van der Waals surface area contributed by atoms with Gasteiger partial charge in [-0.15, -0.1) is 0 Å². The highest BCUT2D eigenvalue weighted by Gasteiger charge is 2.26. The maximum atomic E-state index is 6.37. The van der Waals surface area contributed by atoms with Gasteiger partial charge in [-0.3, -0.25) is 0 Å². The highest BCUT2D eigenvalue weighted by molar-refractivity contribution is 6.01. The zero-order chi connectivity index (χ0) is 35.8. The van der Waals surface area contributed by atoms with Gasteiger partial charge in [-0.1, -0.05) is 158 Å². The molecule has 0 saturated carbocycles. The molecule has 0 bridgehead atoms. The summed E-state index contributed by atoms with van der Waals surface area (Å²) in [6, 6.07) is 73.7. The predicted molar refractivity (Wildman–Crippen MR) is 226 cm³/mol. The number of rotatable bonds is 7. The van der Waals surface area contributed by atoms with Crippen molar-refractivity contribution in [1.82, 2.24) is 0 Å². The van der Waals surface area contributed by atoms with E-state index in [4.69, 9.17) is 4.74 Å². The van der Waals surface area contributed by atoms with Crippen LogP contribution in [0, 0.1) is 0 Å². The first-order valence-corrected chi connectivity index (χ1v) is 18.4. The van der Waals surface area contributed by atoms with Gasteiger partial charge < -0.3 is 15.0 Å². The summed E-state index contributed by atoms with van der Waals surface area (Å²) in [6.07, 6.45) is -0.219. The second kappa shape index (κ2) is 13.5. The van der Waals surface area contributed by atoms with E-state index in [1.807, 2.05) is 18.2 Å². The molecule has 1 aliphatic rings. The molecule has 1 atom stereocenters. The molecule has 9 aromatic carbocycles. The molecular formula is C51H36N2O. The number of nitrogens with one attached hydrogen (secondary N) is 1. The number of hydrogen-bond donors (Lipinski definition) is 1. The Kier molecular flexibility index (Phi) is 7.88. The molecule has 3 heteroatoms. The molecule has 9 aromatic rings. The maximum absolute atomic E-state index is 6.37. The van der Waals surface area contributed by atoms with Crippen LogP contribution in [0.2, 0.25) is 0 Å². The maximum Gasteiger partial charge on any atom is 0.196 e. The molecule has 1 unspecified atom stereocenters. The van der Waals surface area contributed by atoms with Gasteiger partial charge in [0.25, 0.3) is 0 Å². The summed E-state index contributed by atoms with van der Waals surface area (Å²) in [7, 11) is 0. The van der Waals surface area contributed by atoms with Crippen LogP contribution >= 0.6 is 0 Å². The van der Waals surface area contributed by atoms with E-state index in [0.717, 1.165) is 44.8 Å². The molecule has 0 aliphatic carbocycles. The summed E-state index contributed by atoms with van der Waals surface area (Å²) in [5.41, 5.74) is 12.5. The van der Waals surface area contributed by atoms with E-state index in [9.17, 15) is 0 Å². The lowest BCUT2D eigenvalue weighted by Crippen LogP contribution is -2.10. The van der Waals surface area contributed by atoms with Crippen LogP contribution in [0.1, 0.15) is 11.8 Å². The highest BCUT2D eigenvalue weighted by atomic mass is 16.5. The third kappa shape index (κ3) is 5.82. The molecule has 3 nitrogen and oxygen atoms in total. The van der Waals surface area contributed by atoms with Gasteiger partial charge >= 0.3 is 0 Å². The van der Waals surface area contributed by atoms with Crippen LogP contribution in [0.5, 0.6) is 5.75 Å². The van der Waals surface area contributed by atoms with E-state index in [-0.39, 0.29) is 6.23 Å². The van der Waals surface area contributed by atoms with Crippen molar-refractivity contribution in [3.8, 4) is 39.1 Å². The van der Waals surface area contributed by atoms with Crippen molar-refractivity contribution in [2.24, 2.45) is 0 Å². The molecule has 10 rings (SSSR count). The largest absolute Gasteiger partial charge is 0.464 e. The van der Waals surface area contributed by atoms with Gasteiger partial charge in [0.05, 0.1) is 5.69 Å². The summed E-state index contributed by atoms with van der Waals surface area (Å²) in [5.74, 6) is 0.870. The van der Waals surface area contributed by atoms with Gasteiger partial charge in [-0.2, -0.15) is 0 Å². The fraction of sp³-hybridized carbons (Fsp3) is 0.0196. The summed E-state index contributed by atoms with van der Waals surface area (Å²) >= 11 is 0. The molecule has 0 fully saturated rings. The summed E-state index contributed by atoms with van der Waals surface area (Å²) in [5, 5.41) is 8.39. The van der Waals surface area contributed by atoms with Gasteiger partial charge in [0.2, 0.25) is 0 Å². The van der Waals surface area contributed by atoms with Gasteiger partial charge in [-0.25, -0.2) is 0 Å². The molecular weight excluding hydrogens is 657 g/mol. The Hall–Kier alpha value is -7.10. The van der Waals surface area contributed by atoms with E-state index in [2.05, 4.69) is 198 Å². The van der Waals surface area contributed by atoms with Crippen LogP contribution in [0.15, 0.2) is 206 Å². The minimum absolute atomic E-state index is 0.219. The zero-order valence-electron chi connectivity index (χ0n) is 29.6. The Morgan fingerprint density at radius 2 is 0.981 bits per heavy atom. The third-order valence-corrected chi connectivity index (χ3v) is 10.5. The monoisotopic (exact) mass is 692 g/mol. The lowest BCUT2D eigenvalue weighted by atomic mass is 9.92. The highest BCUT2D eigenvalue weighted by Crippen LogP contribution is 2.46.